The largest absolute Gasteiger partial charge is 0.254 e. The van der Waals surface area contributed by atoms with Gasteiger partial charge < -0.3 is 0 Å². The van der Waals surface area contributed by atoms with Gasteiger partial charge >= 0.3 is 0 Å². The highest BCUT2D eigenvalue weighted by molar-refractivity contribution is 6.08. The van der Waals surface area contributed by atoms with E-state index in [0.717, 1.165) is 177 Å². The molecule has 0 unspecified atom stereocenters. The Kier molecular flexibility index (Phi) is 14.2. The van der Waals surface area contributed by atoms with Crippen LogP contribution >= 0.6 is 0 Å². The van der Waals surface area contributed by atoms with Crippen molar-refractivity contribution < 1.29 is 0 Å². The van der Waals surface area contributed by atoms with Gasteiger partial charge in [0.25, 0.3) is 0 Å². The number of benzene rings is 9. The molecule has 0 bridgehead atoms. The third kappa shape index (κ3) is 10.9. The quantitative estimate of drug-likeness (QED) is 0.126. The number of hydrogen-bond donors (Lipinski definition) is 0. The highest BCUT2D eigenvalue weighted by atomic mass is 14.9. The Balaban J connectivity index is 0.000000143. The molecule has 456 valence electrons. The van der Waals surface area contributed by atoms with Crippen LogP contribution in [0.25, 0.3) is 189 Å². The Morgan fingerprint density at radius 2 is 0.510 bits per heavy atom. The topological polar surface area (TPSA) is 155 Å². The molecule has 0 fully saturated rings. The lowest BCUT2D eigenvalue weighted by Gasteiger charge is -2.10. The van der Waals surface area contributed by atoms with Crippen LogP contribution in [0.4, 0.5) is 0 Å². The maximum Gasteiger partial charge on any atom is 0.178 e. The van der Waals surface area contributed by atoms with Gasteiger partial charge in [-0.2, -0.15) is 0 Å². The molecule has 0 aliphatic carbocycles. The second kappa shape index (κ2) is 24.4. The van der Waals surface area contributed by atoms with Crippen molar-refractivity contribution in [3.8, 4) is 101 Å². The number of nitrogens with zero attached hydrogens (tertiary/aromatic N) is 12. The maximum atomic E-state index is 5.13. The van der Waals surface area contributed by atoms with Gasteiger partial charge in [-0.3, -0.25) is 9.97 Å². The normalized spacial score (nSPS) is 11.5. The van der Waals surface area contributed by atoms with E-state index in [2.05, 4.69) is 260 Å². The number of hydrogen-bond acceptors (Lipinski definition) is 12. The summed E-state index contributed by atoms with van der Waals surface area (Å²) in [6.07, 6.45) is 10.6. The van der Waals surface area contributed by atoms with Gasteiger partial charge in [0.2, 0.25) is 0 Å². The van der Waals surface area contributed by atoms with E-state index in [1.807, 2.05) is 48.8 Å². The first-order valence-electron chi connectivity index (χ1n) is 32.3. The minimum atomic E-state index is 0.623. The number of fused-ring (bicyclic) bond motifs is 10. The summed E-state index contributed by atoms with van der Waals surface area (Å²) in [7, 11) is 0. The molecule has 0 aliphatic heterocycles. The lowest BCUT2D eigenvalue weighted by Crippen LogP contribution is -1.91. The van der Waals surface area contributed by atoms with Crippen LogP contribution in [0.3, 0.4) is 0 Å². The van der Waals surface area contributed by atoms with E-state index in [9.17, 15) is 0 Å². The molecule has 98 heavy (non-hydrogen) atoms. The maximum absolute atomic E-state index is 5.13. The Hall–Kier alpha value is -13.6. The minimum Gasteiger partial charge on any atom is -0.254 e. The van der Waals surface area contributed by atoms with Crippen molar-refractivity contribution >= 4 is 87.2 Å². The van der Waals surface area contributed by atoms with E-state index in [4.69, 9.17) is 29.9 Å². The van der Waals surface area contributed by atoms with Crippen LogP contribution in [0, 0.1) is 0 Å². The van der Waals surface area contributed by atoms with Crippen molar-refractivity contribution in [1.29, 1.82) is 0 Å². The van der Waals surface area contributed by atoms with Crippen molar-refractivity contribution in [2.45, 2.75) is 0 Å². The predicted molar refractivity (Wildman–Crippen MR) is 395 cm³/mol. The molecular weight excluding hydrogens is 1200 g/mol. The Morgan fingerprint density at radius 1 is 0.173 bits per heavy atom. The number of rotatable bonds is 9. The second-order valence-electron chi connectivity index (χ2n) is 24.1. The van der Waals surface area contributed by atoms with Crippen LogP contribution in [0.5, 0.6) is 0 Å². The average Bonchev–Trinajstić information content (AvgIpc) is 0.967. The average molecular weight is 1250 g/mol. The van der Waals surface area contributed by atoms with Crippen molar-refractivity contribution in [1.82, 2.24) is 59.8 Å². The molecule has 0 saturated heterocycles. The molecule has 0 atom stereocenters. The second-order valence-corrected chi connectivity index (χ2v) is 24.1. The van der Waals surface area contributed by atoms with Crippen molar-refractivity contribution in [3.63, 3.8) is 0 Å². The molecule has 12 heteroatoms. The van der Waals surface area contributed by atoms with E-state index in [0.29, 0.717) is 11.6 Å². The zero-order valence-corrected chi connectivity index (χ0v) is 52.4. The summed E-state index contributed by atoms with van der Waals surface area (Å²) >= 11 is 0. The predicted octanol–water partition coefficient (Wildman–Crippen LogP) is 20.3. The lowest BCUT2D eigenvalue weighted by molar-refractivity contribution is 1.15. The fourth-order valence-electron chi connectivity index (χ4n) is 13.0. The van der Waals surface area contributed by atoms with Gasteiger partial charge in [-0.25, -0.2) is 49.8 Å². The summed E-state index contributed by atoms with van der Waals surface area (Å²) in [6, 6.07) is 96.1. The van der Waals surface area contributed by atoms with Crippen LogP contribution in [0.1, 0.15) is 0 Å². The van der Waals surface area contributed by atoms with Crippen molar-refractivity contribution in [2.24, 2.45) is 0 Å². The fraction of sp³-hybridized carbons (Fsp3) is 0. The molecule has 10 aromatic heterocycles. The van der Waals surface area contributed by atoms with Crippen LogP contribution in [0.15, 0.2) is 316 Å². The van der Waals surface area contributed by atoms with Gasteiger partial charge in [0, 0.05) is 103 Å². The Bertz CT molecular complexity index is 6300. The van der Waals surface area contributed by atoms with Crippen LogP contribution in [-0.2, 0) is 0 Å². The molecule has 0 aliphatic rings. The first kappa shape index (κ1) is 57.1. The highest BCUT2D eigenvalue weighted by Crippen LogP contribution is 2.36. The van der Waals surface area contributed by atoms with Gasteiger partial charge in [0.05, 0.1) is 66.9 Å². The molecule has 10 heterocycles. The molecule has 19 aromatic rings. The zero-order valence-electron chi connectivity index (χ0n) is 52.4. The Morgan fingerprint density at radius 3 is 0.969 bits per heavy atom. The molecule has 0 N–H and O–H groups in total. The molecular formula is C86H52N12. The lowest BCUT2D eigenvalue weighted by atomic mass is 9.98. The summed E-state index contributed by atoms with van der Waals surface area (Å²) in [4.78, 5) is 56.4. The van der Waals surface area contributed by atoms with Crippen LogP contribution < -0.4 is 0 Å². The van der Waals surface area contributed by atoms with Gasteiger partial charge in [0.15, 0.2) is 11.6 Å². The van der Waals surface area contributed by atoms with Gasteiger partial charge in [0.1, 0.15) is 11.4 Å². The third-order valence-corrected chi connectivity index (χ3v) is 18.1. The van der Waals surface area contributed by atoms with E-state index in [-0.39, 0.29) is 0 Å². The van der Waals surface area contributed by atoms with E-state index >= 15 is 0 Å². The number of pyridine rings is 8. The standard InChI is InChI=1S/C46H28N6.C40H24N6/c1-2-5-29(6-3-1)39-19-13-32-11-12-33-14-20-40(52-45(33)44(32)51-39)31-9-7-30(8-10-31)38-23-17-36-27-34(15-21-41(36)49-38)35-16-22-42-37(28-35)18-24-43(50-42)46-47-25-4-26-48-46;1-3-27-8-13-33-32(18-22-42-39(33)38(27)41-19-1)25-4-6-26(7-5-25)34-16-11-30-23-28(9-14-35(30)45-34)29-10-15-36-31(24-29)12-17-37(46-36)40-43-20-2-21-44-40/h1-28H;1-24H. The van der Waals surface area contributed by atoms with E-state index < -0.39 is 0 Å². The van der Waals surface area contributed by atoms with Gasteiger partial charge in [-0.1, -0.05) is 170 Å². The fourth-order valence-corrected chi connectivity index (χ4v) is 13.0. The molecule has 0 amide bonds. The van der Waals surface area contributed by atoms with Crippen molar-refractivity contribution in [2.75, 3.05) is 0 Å². The third-order valence-electron chi connectivity index (χ3n) is 18.1. The molecule has 12 nitrogen and oxygen atoms in total. The molecule has 0 radical (unpaired) electrons. The zero-order chi connectivity index (χ0) is 64.9. The summed E-state index contributed by atoms with van der Waals surface area (Å²) in [6.45, 7) is 0. The smallest absolute Gasteiger partial charge is 0.178 e. The summed E-state index contributed by atoms with van der Waals surface area (Å²) < 4.78 is 0. The summed E-state index contributed by atoms with van der Waals surface area (Å²) in [5.74, 6) is 1.25. The summed E-state index contributed by atoms with van der Waals surface area (Å²) in [5.41, 5.74) is 23.7. The minimum absolute atomic E-state index is 0.623. The molecule has 0 spiro atoms. The first-order chi connectivity index (χ1) is 48.5. The molecule has 0 saturated carbocycles. The van der Waals surface area contributed by atoms with Crippen LogP contribution in [-0.4, -0.2) is 59.8 Å². The van der Waals surface area contributed by atoms with Crippen LogP contribution in [0.2, 0.25) is 0 Å². The summed E-state index contributed by atoms with van der Waals surface area (Å²) in [5, 5.41) is 8.64. The highest BCUT2D eigenvalue weighted by Gasteiger charge is 2.15. The van der Waals surface area contributed by atoms with Gasteiger partial charge in [-0.05, 0) is 143 Å². The molecule has 19 rings (SSSR count). The van der Waals surface area contributed by atoms with E-state index in [1.165, 1.54) is 0 Å². The number of aromatic nitrogens is 12. The molecule has 9 aromatic carbocycles. The monoisotopic (exact) mass is 1250 g/mol. The van der Waals surface area contributed by atoms with Crippen molar-refractivity contribution in [3.05, 3.63) is 316 Å². The van der Waals surface area contributed by atoms with Gasteiger partial charge in [-0.15, -0.1) is 0 Å². The first-order valence-corrected chi connectivity index (χ1v) is 32.3. The Labute approximate surface area is 561 Å². The van der Waals surface area contributed by atoms with E-state index in [1.54, 1.807) is 36.9 Å². The SMILES string of the molecule is c1ccc(-c2ccc3ccc4ccc(-c5ccc(-c6ccc7cc(-c8ccc9nc(-c%10ncccn%10)ccc9c8)ccc7n6)cc5)nc4c3n2)cc1.c1cnc(-c2ccc3cc(-c4ccc5nc(-c6ccc(-c7ccnc8c7ccc7cccnc78)cc6)ccc5c4)ccc3n2)nc1.